The van der Waals surface area contributed by atoms with E-state index in [1.165, 1.54) is 4.90 Å². The molecule has 0 aliphatic carbocycles. The lowest BCUT2D eigenvalue weighted by molar-refractivity contribution is -0.126. The van der Waals surface area contributed by atoms with Gasteiger partial charge in [-0.25, -0.2) is 0 Å². The second-order valence-electron chi connectivity index (χ2n) is 6.14. The molecular formula is C17H22N4O3. The molecule has 0 unspecified atom stereocenters. The number of carbonyl (C=O) groups is 3. The van der Waals surface area contributed by atoms with E-state index >= 15 is 0 Å². The summed E-state index contributed by atoms with van der Waals surface area (Å²) in [5.74, 6) is -0.538. The number of rotatable bonds is 4. The Hall–Kier alpha value is -2.41. The van der Waals surface area contributed by atoms with Crippen molar-refractivity contribution in [3.8, 4) is 0 Å². The van der Waals surface area contributed by atoms with Crippen LogP contribution in [0.3, 0.4) is 0 Å². The summed E-state index contributed by atoms with van der Waals surface area (Å²) in [5, 5.41) is 8.97. The van der Waals surface area contributed by atoms with E-state index < -0.39 is 0 Å². The van der Waals surface area contributed by atoms with Gasteiger partial charge in [-0.15, -0.1) is 0 Å². The molecule has 7 nitrogen and oxygen atoms in total. The van der Waals surface area contributed by atoms with Gasteiger partial charge in [-0.2, -0.15) is 0 Å². The predicted molar refractivity (Wildman–Crippen MR) is 90.7 cm³/mol. The highest BCUT2D eigenvalue weighted by Crippen LogP contribution is 2.29. The molecule has 128 valence electrons. The van der Waals surface area contributed by atoms with Gasteiger partial charge in [0, 0.05) is 18.9 Å². The van der Waals surface area contributed by atoms with E-state index in [1.54, 1.807) is 18.2 Å². The van der Waals surface area contributed by atoms with Crippen LogP contribution in [0, 0.1) is 0 Å². The maximum absolute atomic E-state index is 12.5. The molecule has 0 atom stereocenters. The van der Waals surface area contributed by atoms with Crippen LogP contribution >= 0.6 is 0 Å². The zero-order valence-electron chi connectivity index (χ0n) is 13.5. The number of piperidine rings is 1. The van der Waals surface area contributed by atoms with Crippen molar-refractivity contribution < 1.29 is 14.4 Å². The summed E-state index contributed by atoms with van der Waals surface area (Å²) in [7, 11) is 0. The van der Waals surface area contributed by atoms with Crippen LogP contribution < -0.4 is 20.9 Å². The van der Waals surface area contributed by atoms with Crippen LogP contribution in [0.4, 0.5) is 11.4 Å². The van der Waals surface area contributed by atoms with E-state index in [4.69, 9.17) is 0 Å². The first-order valence-corrected chi connectivity index (χ1v) is 8.33. The lowest BCUT2D eigenvalue weighted by Crippen LogP contribution is -2.44. The maximum Gasteiger partial charge on any atom is 0.244 e. The molecule has 0 aromatic heterocycles. The maximum atomic E-state index is 12.5. The van der Waals surface area contributed by atoms with Crippen LogP contribution in [-0.2, 0) is 14.4 Å². The predicted octanol–water partition coefficient (Wildman–Crippen LogP) is 0.620. The van der Waals surface area contributed by atoms with Crippen molar-refractivity contribution in [3.63, 3.8) is 0 Å². The lowest BCUT2D eigenvalue weighted by Gasteiger charge is -2.29. The molecule has 3 N–H and O–H groups in total. The molecule has 0 radical (unpaired) electrons. The Morgan fingerprint density at radius 3 is 2.71 bits per heavy atom. The Kier molecular flexibility index (Phi) is 5.10. The van der Waals surface area contributed by atoms with E-state index in [2.05, 4.69) is 16.0 Å². The second-order valence-corrected chi connectivity index (χ2v) is 6.14. The Bertz CT molecular complexity index is 640. The third kappa shape index (κ3) is 3.91. The number of amides is 3. The first-order chi connectivity index (χ1) is 11.6. The van der Waals surface area contributed by atoms with Gasteiger partial charge in [-0.05, 0) is 38.1 Å². The van der Waals surface area contributed by atoms with Gasteiger partial charge in [-0.3, -0.25) is 14.4 Å². The fraction of sp³-hybridized carbons (Fsp3) is 0.471. The highest BCUT2D eigenvalue weighted by Gasteiger charge is 2.26. The zero-order chi connectivity index (χ0) is 16.9. The smallest absolute Gasteiger partial charge is 0.244 e. The second kappa shape index (κ2) is 7.44. The Labute approximate surface area is 140 Å². The average Bonchev–Trinajstić information content (AvgIpc) is 2.59. The number of anilines is 2. The van der Waals surface area contributed by atoms with Gasteiger partial charge >= 0.3 is 0 Å². The quantitative estimate of drug-likeness (QED) is 0.755. The van der Waals surface area contributed by atoms with Gasteiger partial charge in [0.15, 0.2) is 0 Å². The minimum Gasteiger partial charge on any atom is -0.353 e. The Morgan fingerprint density at radius 2 is 1.92 bits per heavy atom. The number of hydrogen-bond acceptors (Lipinski definition) is 4. The van der Waals surface area contributed by atoms with Crippen molar-refractivity contribution in [1.82, 2.24) is 10.6 Å². The minimum atomic E-state index is -0.221. The van der Waals surface area contributed by atoms with Crippen LogP contribution in [-0.4, -0.2) is 43.4 Å². The van der Waals surface area contributed by atoms with Crippen LogP contribution in [0.15, 0.2) is 24.3 Å². The molecule has 3 amide bonds. The molecule has 24 heavy (non-hydrogen) atoms. The minimum absolute atomic E-state index is 0.00817. The van der Waals surface area contributed by atoms with Gasteiger partial charge in [-0.1, -0.05) is 12.1 Å². The summed E-state index contributed by atoms with van der Waals surface area (Å²) >= 11 is 0. The van der Waals surface area contributed by atoms with Gasteiger partial charge in [0.25, 0.3) is 0 Å². The van der Waals surface area contributed by atoms with Crippen LogP contribution in [0.1, 0.15) is 25.7 Å². The molecule has 7 heteroatoms. The summed E-state index contributed by atoms with van der Waals surface area (Å²) in [6.45, 7) is 1.80. The van der Waals surface area contributed by atoms with Crippen LogP contribution in [0.5, 0.6) is 0 Å². The van der Waals surface area contributed by atoms with E-state index in [0.29, 0.717) is 11.4 Å². The van der Waals surface area contributed by atoms with Crippen LogP contribution in [0.2, 0.25) is 0 Å². The molecule has 1 aromatic rings. The first kappa shape index (κ1) is 16.4. The van der Waals surface area contributed by atoms with Crippen molar-refractivity contribution in [1.29, 1.82) is 0 Å². The monoisotopic (exact) mass is 330 g/mol. The number of carbonyl (C=O) groups excluding carboxylic acids is 3. The van der Waals surface area contributed by atoms with Crippen molar-refractivity contribution in [2.45, 2.75) is 31.7 Å². The average molecular weight is 330 g/mol. The first-order valence-electron chi connectivity index (χ1n) is 8.33. The molecule has 0 bridgehead atoms. The number of hydrogen-bond donors (Lipinski definition) is 3. The highest BCUT2D eigenvalue weighted by molar-refractivity contribution is 6.10. The summed E-state index contributed by atoms with van der Waals surface area (Å²) in [6, 6.07) is 7.37. The number of nitrogens with one attached hydrogen (secondary N) is 3. The molecule has 2 aliphatic heterocycles. The van der Waals surface area contributed by atoms with Crippen molar-refractivity contribution in [2.24, 2.45) is 0 Å². The standard InChI is InChI=1S/C17H22N4O3/c22-15(19-12-7-9-18-10-8-12)5-6-17(24)21-11-16(23)20-13-3-1-2-4-14(13)21/h1-4,12,18H,5-11H2,(H,19,22)(H,20,23). The van der Waals surface area contributed by atoms with Crippen molar-refractivity contribution in [2.75, 3.05) is 29.9 Å². The van der Waals surface area contributed by atoms with Crippen molar-refractivity contribution in [3.05, 3.63) is 24.3 Å². The Balaban J connectivity index is 1.55. The summed E-state index contributed by atoms with van der Waals surface area (Å²) in [5.41, 5.74) is 1.31. The van der Waals surface area contributed by atoms with Gasteiger partial charge in [0.2, 0.25) is 17.7 Å². The molecule has 1 fully saturated rings. The van der Waals surface area contributed by atoms with E-state index in [0.717, 1.165) is 25.9 Å². The fourth-order valence-corrected chi connectivity index (χ4v) is 3.08. The lowest BCUT2D eigenvalue weighted by atomic mass is 10.1. The molecule has 0 spiro atoms. The van der Waals surface area contributed by atoms with Gasteiger partial charge in [0.1, 0.15) is 6.54 Å². The molecule has 1 saturated heterocycles. The number of nitrogens with zero attached hydrogens (tertiary/aromatic N) is 1. The number of benzene rings is 1. The van der Waals surface area contributed by atoms with Gasteiger partial charge < -0.3 is 20.9 Å². The van der Waals surface area contributed by atoms with E-state index in [-0.39, 0.29) is 43.1 Å². The number of fused-ring (bicyclic) bond motifs is 1. The molecule has 0 saturated carbocycles. The Morgan fingerprint density at radius 1 is 1.17 bits per heavy atom. The highest BCUT2D eigenvalue weighted by atomic mass is 16.2. The third-order valence-corrected chi connectivity index (χ3v) is 4.34. The topological polar surface area (TPSA) is 90.5 Å². The van der Waals surface area contributed by atoms with Crippen LogP contribution in [0.25, 0.3) is 0 Å². The van der Waals surface area contributed by atoms with E-state index in [1.807, 2.05) is 6.07 Å². The SMILES string of the molecule is O=C1CN(C(=O)CCC(=O)NC2CCNCC2)c2ccccc2N1. The summed E-state index contributed by atoms with van der Waals surface area (Å²) in [4.78, 5) is 37.7. The number of para-hydroxylation sites is 2. The molecular weight excluding hydrogens is 308 g/mol. The van der Waals surface area contributed by atoms with Crippen molar-refractivity contribution >= 4 is 29.1 Å². The molecule has 3 rings (SSSR count). The normalized spacial score (nSPS) is 17.8. The molecule has 2 aliphatic rings. The molecule has 2 heterocycles. The van der Waals surface area contributed by atoms with Gasteiger partial charge in [0.05, 0.1) is 11.4 Å². The van der Waals surface area contributed by atoms with E-state index in [9.17, 15) is 14.4 Å². The fourth-order valence-electron chi connectivity index (χ4n) is 3.08. The summed E-state index contributed by atoms with van der Waals surface area (Å²) < 4.78 is 0. The molecule has 1 aromatic carbocycles. The zero-order valence-corrected chi connectivity index (χ0v) is 13.5. The third-order valence-electron chi connectivity index (χ3n) is 4.34. The summed E-state index contributed by atoms with van der Waals surface area (Å²) in [6.07, 6.45) is 2.07. The largest absolute Gasteiger partial charge is 0.353 e.